The predicted octanol–water partition coefficient (Wildman–Crippen LogP) is 1.97. The molecule has 1 aromatic carbocycles. The first-order valence-corrected chi connectivity index (χ1v) is 11.3. The van der Waals surface area contributed by atoms with Gasteiger partial charge in [0, 0.05) is 24.4 Å². The van der Waals surface area contributed by atoms with Crippen LogP contribution in [0.4, 0.5) is 5.69 Å². The number of amides is 1. The molecule has 1 aliphatic heterocycles. The van der Waals surface area contributed by atoms with E-state index in [-0.39, 0.29) is 16.4 Å². The number of aromatic nitrogens is 3. The maximum Gasteiger partial charge on any atom is 0.286 e. The number of anilines is 1. The van der Waals surface area contributed by atoms with Gasteiger partial charge in [-0.1, -0.05) is 18.7 Å². The molecule has 0 aliphatic carbocycles. The third kappa shape index (κ3) is 4.36. The van der Waals surface area contributed by atoms with Crippen LogP contribution in [-0.4, -0.2) is 54.2 Å². The lowest BCUT2D eigenvalue weighted by Gasteiger charge is -2.29. The SMILES string of the molecule is CCCN1C(C)=NS(=O)(=O)c2cc(C(=O)NCCSc3n[nH]c(C)n3)ccc21. The van der Waals surface area contributed by atoms with Crippen molar-refractivity contribution in [2.24, 2.45) is 4.40 Å². The molecule has 0 radical (unpaired) electrons. The number of rotatable bonds is 7. The predicted molar refractivity (Wildman–Crippen MR) is 109 cm³/mol. The van der Waals surface area contributed by atoms with Crippen LogP contribution in [0, 0.1) is 6.92 Å². The first-order chi connectivity index (χ1) is 13.3. The molecule has 9 nitrogen and oxygen atoms in total. The second kappa shape index (κ2) is 8.31. The summed E-state index contributed by atoms with van der Waals surface area (Å²) in [5.74, 6) is 1.43. The van der Waals surface area contributed by atoms with Crippen molar-refractivity contribution in [3.8, 4) is 0 Å². The summed E-state index contributed by atoms with van der Waals surface area (Å²) in [4.78, 5) is 18.5. The highest BCUT2D eigenvalue weighted by Gasteiger charge is 2.29. The van der Waals surface area contributed by atoms with Gasteiger partial charge in [-0.05, 0) is 38.5 Å². The van der Waals surface area contributed by atoms with Crippen molar-refractivity contribution in [1.29, 1.82) is 0 Å². The molecule has 0 atom stereocenters. The second-order valence-electron chi connectivity index (χ2n) is 6.26. The molecule has 1 aromatic heterocycles. The van der Waals surface area contributed by atoms with Gasteiger partial charge in [0.15, 0.2) is 0 Å². The number of aryl methyl sites for hydroxylation is 1. The summed E-state index contributed by atoms with van der Waals surface area (Å²) in [6.45, 7) is 6.55. The Morgan fingerprint density at radius 1 is 1.32 bits per heavy atom. The van der Waals surface area contributed by atoms with Gasteiger partial charge in [0.05, 0.1) is 5.69 Å². The molecule has 0 saturated heterocycles. The van der Waals surface area contributed by atoms with Crippen LogP contribution in [0.3, 0.4) is 0 Å². The first-order valence-electron chi connectivity index (χ1n) is 8.85. The van der Waals surface area contributed by atoms with Crippen LogP contribution in [0.5, 0.6) is 0 Å². The number of H-pyrrole nitrogens is 1. The minimum atomic E-state index is -3.82. The fraction of sp³-hybridized carbons (Fsp3) is 0.412. The Bertz CT molecular complexity index is 1020. The Labute approximate surface area is 168 Å². The van der Waals surface area contributed by atoms with Crippen molar-refractivity contribution < 1.29 is 13.2 Å². The van der Waals surface area contributed by atoms with E-state index in [4.69, 9.17) is 0 Å². The lowest BCUT2D eigenvalue weighted by atomic mass is 10.1. The second-order valence-corrected chi connectivity index (χ2v) is 8.89. The number of nitrogens with one attached hydrogen (secondary N) is 2. The molecule has 0 saturated carbocycles. The molecule has 11 heteroatoms. The van der Waals surface area contributed by atoms with Crippen LogP contribution < -0.4 is 10.2 Å². The summed E-state index contributed by atoms with van der Waals surface area (Å²) < 4.78 is 28.8. The van der Waals surface area contributed by atoms with Gasteiger partial charge in [0.1, 0.15) is 16.6 Å². The van der Waals surface area contributed by atoms with Crippen molar-refractivity contribution in [2.75, 3.05) is 23.7 Å². The Hall–Kier alpha value is -2.40. The highest BCUT2D eigenvalue weighted by atomic mass is 32.2. The number of aromatic amines is 1. The molecule has 1 aliphatic rings. The number of thioether (sulfide) groups is 1. The summed E-state index contributed by atoms with van der Waals surface area (Å²) in [6.07, 6.45) is 0.844. The van der Waals surface area contributed by atoms with Crippen LogP contribution in [0.15, 0.2) is 32.6 Å². The number of amidine groups is 1. The van der Waals surface area contributed by atoms with E-state index in [0.717, 1.165) is 12.2 Å². The third-order valence-electron chi connectivity index (χ3n) is 4.08. The van der Waals surface area contributed by atoms with Crippen molar-refractivity contribution in [3.63, 3.8) is 0 Å². The highest BCUT2D eigenvalue weighted by molar-refractivity contribution is 7.99. The maximum atomic E-state index is 12.5. The summed E-state index contributed by atoms with van der Waals surface area (Å²) in [7, 11) is -3.82. The topological polar surface area (TPSA) is 120 Å². The van der Waals surface area contributed by atoms with E-state index in [9.17, 15) is 13.2 Å². The number of fused-ring (bicyclic) bond motifs is 1. The van der Waals surface area contributed by atoms with Gasteiger partial charge in [0.2, 0.25) is 5.16 Å². The quantitative estimate of drug-likeness (QED) is 0.517. The molecule has 2 heterocycles. The number of sulfonamides is 1. The molecule has 0 unspecified atom stereocenters. The summed E-state index contributed by atoms with van der Waals surface area (Å²) in [6, 6.07) is 4.70. The number of nitrogens with zero attached hydrogens (tertiary/aromatic N) is 4. The summed E-state index contributed by atoms with van der Waals surface area (Å²) in [5.41, 5.74) is 0.841. The minimum absolute atomic E-state index is 0.0600. The molecular formula is C17H22N6O3S2. The number of benzene rings is 1. The monoisotopic (exact) mass is 422 g/mol. The third-order valence-corrected chi connectivity index (χ3v) is 6.31. The fourth-order valence-corrected chi connectivity index (χ4v) is 4.79. The average Bonchev–Trinajstić information content (AvgIpc) is 3.06. The number of carbonyl (C=O) groups is 1. The van der Waals surface area contributed by atoms with Gasteiger partial charge in [-0.15, -0.1) is 9.50 Å². The summed E-state index contributed by atoms with van der Waals surface area (Å²) in [5, 5.41) is 10.2. The number of hydrogen-bond donors (Lipinski definition) is 2. The fourth-order valence-electron chi connectivity index (χ4n) is 2.83. The van der Waals surface area contributed by atoms with E-state index in [1.165, 1.54) is 17.8 Å². The molecule has 3 rings (SSSR count). The Morgan fingerprint density at radius 3 is 2.79 bits per heavy atom. The minimum Gasteiger partial charge on any atom is -0.351 e. The Kier molecular flexibility index (Phi) is 6.04. The average molecular weight is 423 g/mol. The molecule has 0 bridgehead atoms. The van der Waals surface area contributed by atoms with E-state index in [0.29, 0.717) is 35.5 Å². The maximum absolute atomic E-state index is 12.5. The molecule has 2 N–H and O–H groups in total. The van der Waals surface area contributed by atoms with Gasteiger partial charge in [-0.3, -0.25) is 9.89 Å². The van der Waals surface area contributed by atoms with Crippen molar-refractivity contribution in [3.05, 3.63) is 29.6 Å². The van der Waals surface area contributed by atoms with Crippen molar-refractivity contribution >= 4 is 39.2 Å². The van der Waals surface area contributed by atoms with Crippen LogP contribution in [0.1, 0.15) is 36.5 Å². The zero-order chi connectivity index (χ0) is 20.3. The van der Waals surface area contributed by atoms with E-state index in [1.54, 1.807) is 19.1 Å². The zero-order valence-corrected chi connectivity index (χ0v) is 17.5. The number of carbonyl (C=O) groups excluding carboxylic acids is 1. The van der Waals surface area contributed by atoms with Crippen molar-refractivity contribution in [1.82, 2.24) is 20.5 Å². The normalized spacial score (nSPS) is 15.1. The van der Waals surface area contributed by atoms with Gasteiger partial charge >= 0.3 is 0 Å². The van der Waals surface area contributed by atoms with Crippen LogP contribution in [-0.2, 0) is 10.0 Å². The summed E-state index contributed by atoms with van der Waals surface area (Å²) >= 11 is 1.42. The van der Waals surface area contributed by atoms with Crippen LogP contribution in [0.2, 0.25) is 0 Å². The van der Waals surface area contributed by atoms with Crippen LogP contribution >= 0.6 is 11.8 Å². The smallest absolute Gasteiger partial charge is 0.286 e. The van der Waals surface area contributed by atoms with E-state index in [2.05, 4.69) is 24.9 Å². The molecule has 150 valence electrons. The molecule has 0 fully saturated rings. The Balaban J connectivity index is 1.69. The molecule has 2 aromatic rings. The zero-order valence-electron chi connectivity index (χ0n) is 15.9. The van der Waals surface area contributed by atoms with Crippen molar-refractivity contribution in [2.45, 2.75) is 37.2 Å². The lowest BCUT2D eigenvalue weighted by molar-refractivity contribution is 0.0956. The van der Waals surface area contributed by atoms with Crippen LogP contribution in [0.25, 0.3) is 0 Å². The van der Waals surface area contributed by atoms with E-state index >= 15 is 0 Å². The standard InChI is InChI=1S/C17H22N6O3S2/c1-4-8-23-12(3)22-28(25,26)15-10-13(5-6-14(15)23)16(24)18-7-9-27-17-19-11(2)20-21-17/h5-6,10H,4,7-9H2,1-3H3,(H,18,24)(H,19,20,21). The Morgan fingerprint density at radius 2 is 2.11 bits per heavy atom. The number of hydrogen-bond acceptors (Lipinski definition) is 7. The molecule has 28 heavy (non-hydrogen) atoms. The first kappa shape index (κ1) is 20.3. The molecule has 0 spiro atoms. The molecule has 1 amide bonds. The van der Waals surface area contributed by atoms with Gasteiger partial charge in [-0.2, -0.15) is 8.42 Å². The van der Waals surface area contributed by atoms with Gasteiger partial charge < -0.3 is 10.2 Å². The largest absolute Gasteiger partial charge is 0.351 e. The highest BCUT2D eigenvalue weighted by Crippen LogP contribution is 2.32. The van der Waals surface area contributed by atoms with E-state index < -0.39 is 10.0 Å². The lowest BCUT2D eigenvalue weighted by Crippen LogP contribution is -2.35. The van der Waals surface area contributed by atoms with E-state index in [1.807, 2.05) is 18.7 Å². The molecular weight excluding hydrogens is 400 g/mol. The van der Waals surface area contributed by atoms with Gasteiger partial charge in [-0.25, -0.2) is 4.98 Å². The van der Waals surface area contributed by atoms with Gasteiger partial charge in [0.25, 0.3) is 15.9 Å².